The molecule has 0 bridgehead atoms. The van der Waals surface area contributed by atoms with Crippen LogP contribution in [0.5, 0.6) is 0 Å². The number of hydrogen-bond donors (Lipinski definition) is 0. The van der Waals surface area contributed by atoms with Crippen molar-refractivity contribution in [3.63, 3.8) is 0 Å². The third-order valence-electron chi connectivity index (χ3n) is 3.69. The van der Waals surface area contributed by atoms with Gasteiger partial charge in [-0.05, 0) is 12.1 Å². The van der Waals surface area contributed by atoms with Gasteiger partial charge in [0.1, 0.15) is 4.90 Å². The number of amides is 1. The molecule has 24 heavy (non-hydrogen) atoms. The van der Waals surface area contributed by atoms with Crippen molar-refractivity contribution in [3.8, 4) is 0 Å². The zero-order valence-corrected chi connectivity index (χ0v) is 14.4. The maximum absolute atomic E-state index is 12.7. The minimum atomic E-state index is -3.69. The highest BCUT2D eigenvalue weighted by molar-refractivity contribution is 7.89. The minimum absolute atomic E-state index is 0.0685. The molecule has 3 rings (SSSR count). The molecule has 0 radical (unpaired) electrons. The Labute approximate surface area is 144 Å². The van der Waals surface area contributed by atoms with E-state index < -0.39 is 15.9 Å². The second kappa shape index (κ2) is 6.50. The molecular formula is C14H15ClN4O4S. The van der Waals surface area contributed by atoms with Crippen LogP contribution < -0.4 is 0 Å². The highest BCUT2D eigenvalue weighted by Crippen LogP contribution is 2.25. The number of benzene rings is 1. The number of sulfonamides is 1. The molecule has 10 heteroatoms. The summed E-state index contributed by atoms with van der Waals surface area (Å²) in [5.41, 5.74) is 0. The van der Waals surface area contributed by atoms with Gasteiger partial charge in [-0.2, -0.15) is 4.31 Å². The van der Waals surface area contributed by atoms with Crippen molar-refractivity contribution in [3.05, 3.63) is 41.1 Å². The number of piperazine rings is 1. The van der Waals surface area contributed by atoms with Crippen LogP contribution in [0.4, 0.5) is 0 Å². The SMILES string of the molecule is Cc1nnc(C(=O)N2CCN(S(=O)(=O)c3ccccc3Cl)CC2)o1. The average Bonchev–Trinajstić information content (AvgIpc) is 3.01. The van der Waals surface area contributed by atoms with Crippen molar-refractivity contribution in [2.75, 3.05) is 26.2 Å². The van der Waals surface area contributed by atoms with E-state index in [1.165, 1.54) is 21.3 Å². The lowest BCUT2D eigenvalue weighted by atomic mass is 10.3. The summed E-state index contributed by atoms with van der Waals surface area (Å²) in [6, 6.07) is 6.29. The number of rotatable bonds is 3. The van der Waals surface area contributed by atoms with E-state index >= 15 is 0 Å². The highest BCUT2D eigenvalue weighted by atomic mass is 35.5. The standard InChI is InChI=1S/C14H15ClN4O4S/c1-10-16-17-13(23-10)14(20)18-6-8-19(9-7-18)24(21,22)12-5-3-2-4-11(12)15/h2-5H,6-9H2,1H3. The summed E-state index contributed by atoms with van der Waals surface area (Å²) in [5, 5.41) is 7.49. The molecule has 1 aromatic heterocycles. The molecule has 0 saturated carbocycles. The van der Waals surface area contributed by atoms with Crippen LogP contribution in [0.15, 0.2) is 33.6 Å². The van der Waals surface area contributed by atoms with E-state index in [9.17, 15) is 13.2 Å². The Morgan fingerprint density at radius 3 is 2.42 bits per heavy atom. The summed E-state index contributed by atoms with van der Waals surface area (Å²) in [5.74, 6) is -0.182. The molecule has 2 aromatic rings. The maximum Gasteiger partial charge on any atom is 0.311 e. The van der Waals surface area contributed by atoms with Crippen molar-refractivity contribution in [1.29, 1.82) is 0 Å². The van der Waals surface area contributed by atoms with Crippen molar-refractivity contribution in [1.82, 2.24) is 19.4 Å². The number of nitrogens with zero attached hydrogens (tertiary/aromatic N) is 4. The Bertz CT molecular complexity index is 859. The molecule has 0 atom stereocenters. The second-order valence-electron chi connectivity index (χ2n) is 5.25. The Balaban J connectivity index is 1.71. The lowest BCUT2D eigenvalue weighted by Gasteiger charge is -2.33. The van der Waals surface area contributed by atoms with Gasteiger partial charge in [0.25, 0.3) is 0 Å². The molecule has 0 unspecified atom stereocenters. The van der Waals surface area contributed by atoms with Crippen LogP contribution in [0.25, 0.3) is 0 Å². The van der Waals surface area contributed by atoms with E-state index in [1.54, 1.807) is 19.1 Å². The van der Waals surface area contributed by atoms with E-state index in [1.807, 2.05) is 0 Å². The first kappa shape index (κ1) is 16.9. The van der Waals surface area contributed by atoms with Gasteiger partial charge in [0, 0.05) is 33.1 Å². The lowest BCUT2D eigenvalue weighted by Crippen LogP contribution is -2.50. The van der Waals surface area contributed by atoms with Gasteiger partial charge in [0.2, 0.25) is 15.9 Å². The number of aryl methyl sites for hydroxylation is 1. The van der Waals surface area contributed by atoms with Gasteiger partial charge in [-0.15, -0.1) is 10.2 Å². The van der Waals surface area contributed by atoms with E-state index in [2.05, 4.69) is 10.2 Å². The topological polar surface area (TPSA) is 96.6 Å². The normalized spacial score (nSPS) is 16.3. The number of hydrogen-bond acceptors (Lipinski definition) is 6. The summed E-state index contributed by atoms with van der Waals surface area (Å²) in [7, 11) is -3.69. The first-order valence-electron chi connectivity index (χ1n) is 7.23. The van der Waals surface area contributed by atoms with Crippen LogP contribution in [0, 0.1) is 6.92 Å². The molecular weight excluding hydrogens is 356 g/mol. The predicted molar refractivity (Wildman–Crippen MR) is 85.1 cm³/mol. The number of carbonyl (C=O) groups is 1. The summed E-state index contributed by atoms with van der Waals surface area (Å²) < 4.78 is 31.7. The van der Waals surface area contributed by atoms with Crippen LogP contribution >= 0.6 is 11.6 Å². The Kier molecular flexibility index (Phi) is 4.57. The molecule has 1 amide bonds. The molecule has 128 valence electrons. The third kappa shape index (κ3) is 3.14. The number of aromatic nitrogens is 2. The fourth-order valence-corrected chi connectivity index (χ4v) is 4.36. The summed E-state index contributed by atoms with van der Waals surface area (Å²) in [4.78, 5) is 13.8. The molecule has 0 spiro atoms. The average molecular weight is 371 g/mol. The van der Waals surface area contributed by atoms with E-state index in [4.69, 9.17) is 16.0 Å². The zero-order valence-electron chi connectivity index (χ0n) is 12.8. The third-order valence-corrected chi connectivity index (χ3v) is 6.09. The Morgan fingerprint density at radius 2 is 1.83 bits per heavy atom. The first-order chi connectivity index (χ1) is 11.4. The van der Waals surface area contributed by atoms with E-state index in [-0.39, 0.29) is 42.0 Å². The molecule has 1 aromatic carbocycles. The number of halogens is 1. The van der Waals surface area contributed by atoms with Gasteiger partial charge in [0.05, 0.1) is 5.02 Å². The van der Waals surface area contributed by atoms with Gasteiger partial charge >= 0.3 is 11.8 Å². The molecule has 8 nitrogen and oxygen atoms in total. The molecule has 0 aliphatic carbocycles. The quantitative estimate of drug-likeness (QED) is 0.804. The Morgan fingerprint density at radius 1 is 1.17 bits per heavy atom. The molecule has 1 fully saturated rings. The van der Waals surface area contributed by atoms with Crippen molar-refractivity contribution in [2.45, 2.75) is 11.8 Å². The molecule has 1 aliphatic rings. The minimum Gasteiger partial charge on any atom is -0.417 e. The smallest absolute Gasteiger partial charge is 0.311 e. The van der Waals surface area contributed by atoms with Gasteiger partial charge in [-0.3, -0.25) is 4.79 Å². The molecule has 1 saturated heterocycles. The highest BCUT2D eigenvalue weighted by Gasteiger charge is 2.32. The van der Waals surface area contributed by atoms with Crippen molar-refractivity contribution >= 4 is 27.5 Å². The summed E-state index contributed by atoms with van der Waals surface area (Å²) in [6.07, 6.45) is 0. The largest absolute Gasteiger partial charge is 0.417 e. The van der Waals surface area contributed by atoms with E-state index in [0.29, 0.717) is 5.89 Å². The summed E-state index contributed by atoms with van der Waals surface area (Å²) >= 11 is 5.99. The zero-order chi connectivity index (χ0) is 17.3. The first-order valence-corrected chi connectivity index (χ1v) is 9.05. The van der Waals surface area contributed by atoms with Crippen LogP contribution in [0.2, 0.25) is 5.02 Å². The van der Waals surface area contributed by atoms with Crippen LogP contribution in [-0.2, 0) is 10.0 Å². The van der Waals surface area contributed by atoms with Gasteiger partial charge in [-0.25, -0.2) is 8.42 Å². The monoisotopic (exact) mass is 370 g/mol. The van der Waals surface area contributed by atoms with Crippen LogP contribution in [0.1, 0.15) is 16.6 Å². The van der Waals surface area contributed by atoms with Crippen molar-refractivity contribution in [2.24, 2.45) is 0 Å². The molecule has 2 heterocycles. The molecule has 1 aliphatic heterocycles. The van der Waals surface area contributed by atoms with Crippen LogP contribution in [-0.4, -0.2) is 59.9 Å². The fraction of sp³-hybridized carbons (Fsp3) is 0.357. The summed E-state index contributed by atoms with van der Waals surface area (Å²) in [6.45, 7) is 2.42. The van der Waals surface area contributed by atoms with Gasteiger partial charge in [0.15, 0.2) is 0 Å². The van der Waals surface area contributed by atoms with Crippen molar-refractivity contribution < 1.29 is 17.6 Å². The maximum atomic E-state index is 12.7. The fourth-order valence-electron chi connectivity index (χ4n) is 2.44. The Hall–Kier alpha value is -1.97. The predicted octanol–water partition coefficient (Wildman–Crippen LogP) is 1.18. The molecule has 0 N–H and O–H groups in total. The number of carbonyl (C=O) groups excluding carboxylic acids is 1. The van der Waals surface area contributed by atoms with Gasteiger partial charge in [-0.1, -0.05) is 23.7 Å². The van der Waals surface area contributed by atoms with E-state index in [0.717, 1.165) is 0 Å². The van der Waals surface area contributed by atoms with Gasteiger partial charge < -0.3 is 9.32 Å². The van der Waals surface area contributed by atoms with Crippen LogP contribution in [0.3, 0.4) is 0 Å². The lowest BCUT2D eigenvalue weighted by molar-refractivity contribution is 0.0656. The second-order valence-corrected chi connectivity index (χ2v) is 7.57.